The zero-order chi connectivity index (χ0) is 18.9. The predicted molar refractivity (Wildman–Crippen MR) is 105 cm³/mol. The van der Waals surface area contributed by atoms with Gasteiger partial charge in [-0.2, -0.15) is 0 Å². The molecule has 0 bridgehead atoms. The van der Waals surface area contributed by atoms with Gasteiger partial charge in [-0.05, 0) is 53.4 Å². The Balaban J connectivity index is 1.88. The van der Waals surface area contributed by atoms with Crippen molar-refractivity contribution in [2.24, 2.45) is 11.8 Å². The molecule has 0 aromatic heterocycles. The number of benzene rings is 1. The largest absolute Gasteiger partial charge is 0.492 e. The van der Waals surface area contributed by atoms with Gasteiger partial charge in [0.1, 0.15) is 5.75 Å². The summed E-state index contributed by atoms with van der Waals surface area (Å²) in [5, 5.41) is 0. The minimum absolute atomic E-state index is 0.0215. The molecule has 0 saturated carbocycles. The first-order chi connectivity index (χ1) is 12.6. The maximum absolute atomic E-state index is 12.7. The lowest BCUT2D eigenvalue weighted by Gasteiger charge is -2.31. The van der Waals surface area contributed by atoms with Crippen LogP contribution in [-0.2, 0) is 4.79 Å². The monoisotopic (exact) mass is 425 g/mol. The van der Waals surface area contributed by atoms with Crippen molar-refractivity contribution < 1.29 is 14.3 Å². The van der Waals surface area contributed by atoms with Gasteiger partial charge in [-0.25, -0.2) is 5.84 Å². The Kier molecular flexibility index (Phi) is 8.38. The molecule has 1 fully saturated rings. The van der Waals surface area contributed by atoms with Crippen molar-refractivity contribution >= 4 is 27.7 Å². The Hall–Kier alpha value is -1.60. The number of hydrogen-bond acceptors (Lipinski definition) is 4. The summed E-state index contributed by atoms with van der Waals surface area (Å²) in [6, 6.07) is 5.45. The second-order valence-corrected chi connectivity index (χ2v) is 7.48. The molecule has 2 amide bonds. The second-order valence-electron chi connectivity index (χ2n) is 6.63. The minimum atomic E-state index is -0.153. The third-order valence-corrected chi connectivity index (χ3v) is 5.35. The molecule has 1 aromatic carbocycles. The molecule has 1 heterocycles. The van der Waals surface area contributed by atoms with Crippen LogP contribution in [0.1, 0.15) is 55.8 Å². The van der Waals surface area contributed by atoms with Crippen LogP contribution < -0.4 is 16.0 Å². The van der Waals surface area contributed by atoms with Crippen LogP contribution in [0.3, 0.4) is 0 Å². The molecule has 0 radical (unpaired) electrons. The molecule has 2 rings (SSSR count). The quantitative estimate of drug-likeness (QED) is 0.289. The Labute approximate surface area is 163 Å². The SMILES string of the molecule is CCCCCCOc1ccc(C(=O)N2CCC(C(=O)NN)CC2)cc1Br. The van der Waals surface area contributed by atoms with E-state index in [-0.39, 0.29) is 17.7 Å². The standard InChI is InChI=1S/C19H28BrN3O3/c1-2-3-4-5-12-26-17-7-6-15(13-16(17)20)19(25)23-10-8-14(9-11-23)18(24)22-21/h6-7,13-14H,2-5,8-12,21H2,1H3,(H,22,24). The number of carbonyl (C=O) groups excluding carboxylic acids is 2. The molecule has 1 aliphatic heterocycles. The lowest BCUT2D eigenvalue weighted by molar-refractivity contribution is -0.126. The highest BCUT2D eigenvalue weighted by atomic mass is 79.9. The Morgan fingerprint density at radius 2 is 2.00 bits per heavy atom. The number of hydrazine groups is 1. The number of nitrogens with one attached hydrogen (secondary N) is 1. The smallest absolute Gasteiger partial charge is 0.253 e. The van der Waals surface area contributed by atoms with Crippen molar-refractivity contribution in [2.45, 2.75) is 45.4 Å². The van der Waals surface area contributed by atoms with Gasteiger partial charge in [-0.1, -0.05) is 26.2 Å². The van der Waals surface area contributed by atoms with Crippen molar-refractivity contribution in [3.63, 3.8) is 0 Å². The topological polar surface area (TPSA) is 84.7 Å². The number of piperidine rings is 1. The summed E-state index contributed by atoms with van der Waals surface area (Å²) in [7, 11) is 0. The summed E-state index contributed by atoms with van der Waals surface area (Å²) >= 11 is 3.50. The fourth-order valence-corrected chi connectivity index (χ4v) is 3.60. The van der Waals surface area contributed by atoms with E-state index in [0.29, 0.717) is 38.1 Å². The van der Waals surface area contributed by atoms with E-state index in [1.54, 1.807) is 11.0 Å². The molecular weight excluding hydrogens is 398 g/mol. The van der Waals surface area contributed by atoms with E-state index in [9.17, 15) is 9.59 Å². The molecule has 26 heavy (non-hydrogen) atoms. The van der Waals surface area contributed by atoms with Gasteiger partial charge in [0.25, 0.3) is 5.91 Å². The van der Waals surface area contributed by atoms with Crippen molar-refractivity contribution in [2.75, 3.05) is 19.7 Å². The van der Waals surface area contributed by atoms with Crippen molar-refractivity contribution in [1.29, 1.82) is 0 Å². The van der Waals surface area contributed by atoms with Crippen LogP contribution in [0.5, 0.6) is 5.75 Å². The number of halogens is 1. The first-order valence-corrected chi connectivity index (χ1v) is 10.1. The fourth-order valence-electron chi connectivity index (χ4n) is 3.11. The summed E-state index contributed by atoms with van der Waals surface area (Å²) in [4.78, 5) is 26.0. The number of amides is 2. The van der Waals surface area contributed by atoms with Crippen LogP contribution in [-0.4, -0.2) is 36.4 Å². The van der Waals surface area contributed by atoms with Gasteiger partial charge in [0.2, 0.25) is 5.91 Å². The van der Waals surface area contributed by atoms with E-state index in [1.165, 1.54) is 19.3 Å². The number of ether oxygens (including phenoxy) is 1. The zero-order valence-corrected chi connectivity index (χ0v) is 16.9. The maximum atomic E-state index is 12.7. The second kappa shape index (κ2) is 10.5. The molecule has 3 N–H and O–H groups in total. The van der Waals surface area contributed by atoms with Gasteiger partial charge in [-0.3, -0.25) is 15.0 Å². The van der Waals surface area contributed by atoms with Crippen LogP contribution in [0.4, 0.5) is 0 Å². The highest BCUT2D eigenvalue weighted by molar-refractivity contribution is 9.10. The Morgan fingerprint density at radius 3 is 2.62 bits per heavy atom. The molecule has 0 aliphatic carbocycles. The average Bonchev–Trinajstić information content (AvgIpc) is 2.67. The van der Waals surface area contributed by atoms with Crippen LogP contribution in [0, 0.1) is 5.92 Å². The van der Waals surface area contributed by atoms with Gasteiger partial charge in [0, 0.05) is 24.6 Å². The molecular formula is C19H28BrN3O3. The highest BCUT2D eigenvalue weighted by Gasteiger charge is 2.27. The van der Waals surface area contributed by atoms with Gasteiger partial charge >= 0.3 is 0 Å². The number of nitrogens with two attached hydrogens (primary N) is 1. The molecule has 7 heteroatoms. The van der Waals surface area contributed by atoms with E-state index < -0.39 is 0 Å². The minimum Gasteiger partial charge on any atom is -0.492 e. The fraction of sp³-hybridized carbons (Fsp3) is 0.579. The van der Waals surface area contributed by atoms with Gasteiger partial charge in [0.15, 0.2) is 0 Å². The summed E-state index contributed by atoms with van der Waals surface area (Å²) in [5.74, 6) is 5.66. The first kappa shape index (κ1) is 20.7. The third kappa shape index (κ3) is 5.71. The zero-order valence-electron chi connectivity index (χ0n) is 15.3. The summed E-state index contributed by atoms with van der Waals surface area (Å²) in [6.07, 6.45) is 5.90. The number of unbranched alkanes of at least 4 members (excludes halogenated alkanes) is 3. The van der Waals surface area contributed by atoms with E-state index >= 15 is 0 Å². The molecule has 6 nitrogen and oxygen atoms in total. The number of rotatable bonds is 8. The molecule has 0 unspecified atom stereocenters. The van der Waals surface area contributed by atoms with E-state index in [2.05, 4.69) is 28.3 Å². The van der Waals surface area contributed by atoms with E-state index in [0.717, 1.165) is 16.6 Å². The van der Waals surface area contributed by atoms with Gasteiger partial charge in [-0.15, -0.1) is 0 Å². The third-order valence-electron chi connectivity index (χ3n) is 4.73. The highest BCUT2D eigenvalue weighted by Crippen LogP contribution is 2.28. The van der Waals surface area contributed by atoms with Crippen LogP contribution >= 0.6 is 15.9 Å². The summed E-state index contributed by atoms with van der Waals surface area (Å²) in [6.45, 7) is 3.99. The molecule has 0 atom stereocenters. The molecule has 0 spiro atoms. The number of hydrogen-bond donors (Lipinski definition) is 2. The Morgan fingerprint density at radius 1 is 1.27 bits per heavy atom. The van der Waals surface area contributed by atoms with E-state index in [1.807, 2.05) is 12.1 Å². The predicted octanol–water partition coefficient (Wildman–Crippen LogP) is 3.25. The lowest BCUT2D eigenvalue weighted by Crippen LogP contribution is -2.44. The lowest BCUT2D eigenvalue weighted by atomic mass is 9.95. The van der Waals surface area contributed by atoms with E-state index in [4.69, 9.17) is 10.6 Å². The molecule has 1 aliphatic rings. The average molecular weight is 426 g/mol. The molecule has 144 valence electrons. The summed E-state index contributed by atoms with van der Waals surface area (Å²) < 4.78 is 6.58. The number of carbonyl (C=O) groups is 2. The summed E-state index contributed by atoms with van der Waals surface area (Å²) in [5.41, 5.74) is 2.81. The van der Waals surface area contributed by atoms with Crippen molar-refractivity contribution in [1.82, 2.24) is 10.3 Å². The van der Waals surface area contributed by atoms with Crippen LogP contribution in [0.2, 0.25) is 0 Å². The molecule has 1 saturated heterocycles. The molecule has 1 aromatic rings. The van der Waals surface area contributed by atoms with Crippen molar-refractivity contribution in [3.05, 3.63) is 28.2 Å². The Bertz CT molecular complexity index is 616. The van der Waals surface area contributed by atoms with Crippen molar-refractivity contribution in [3.8, 4) is 5.75 Å². The number of likely N-dealkylation sites (tertiary alicyclic amines) is 1. The maximum Gasteiger partial charge on any atom is 0.253 e. The van der Waals surface area contributed by atoms with Crippen LogP contribution in [0.25, 0.3) is 0 Å². The van der Waals surface area contributed by atoms with Gasteiger partial charge in [0.05, 0.1) is 11.1 Å². The van der Waals surface area contributed by atoms with Crippen LogP contribution in [0.15, 0.2) is 22.7 Å². The van der Waals surface area contributed by atoms with Gasteiger partial charge < -0.3 is 9.64 Å². The number of nitrogens with zero attached hydrogens (tertiary/aromatic N) is 1. The normalized spacial score (nSPS) is 15.0. The first-order valence-electron chi connectivity index (χ1n) is 9.29.